The summed E-state index contributed by atoms with van der Waals surface area (Å²) < 4.78 is 0. The maximum absolute atomic E-state index is 0. The van der Waals surface area contributed by atoms with Crippen molar-refractivity contribution in [3.63, 3.8) is 0 Å². The van der Waals surface area contributed by atoms with Crippen molar-refractivity contribution in [1.29, 1.82) is 0 Å². The van der Waals surface area contributed by atoms with Gasteiger partial charge < -0.3 is 0 Å². The summed E-state index contributed by atoms with van der Waals surface area (Å²) in [6, 6.07) is 0. The van der Waals surface area contributed by atoms with E-state index in [2.05, 4.69) is 0 Å². The molecule has 26 valence electrons. The van der Waals surface area contributed by atoms with E-state index in [-0.39, 0.29) is 83.0 Å². The fourth-order valence-electron chi connectivity index (χ4n) is 0. The van der Waals surface area contributed by atoms with Crippen molar-refractivity contribution in [3.8, 4) is 0 Å². The first-order valence-corrected chi connectivity index (χ1v) is 0. The average molecular weight is 478 g/mol. The Morgan fingerprint density at radius 2 is 0.500 bits per heavy atom. The van der Waals surface area contributed by atoms with Gasteiger partial charge >= 0.3 is 0 Å². The van der Waals surface area contributed by atoms with Gasteiger partial charge in [0, 0.05) is 83.0 Å². The summed E-state index contributed by atoms with van der Waals surface area (Å²) in [7, 11) is 0. The molecule has 0 aliphatic rings. The van der Waals surface area contributed by atoms with Gasteiger partial charge in [-0.15, -0.1) is 0 Å². The molecule has 0 aromatic heterocycles. The first-order valence-electron chi connectivity index (χ1n) is 0. The zero-order valence-corrected chi connectivity index (χ0v) is 10.1. The predicted octanol–water partition coefficient (Wildman–Crippen LogP) is -0.0100. The Morgan fingerprint density at radius 1 is 0.500 bits per heavy atom. The quantitative estimate of drug-likeness (QED) is 0.431. The van der Waals surface area contributed by atoms with Gasteiger partial charge in [-0.2, -0.15) is 0 Å². The van der Waals surface area contributed by atoms with Crippen molar-refractivity contribution in [1.82, 2.24) is 0 Å². The SMILES string of the molecule is [Mo].[Mo].[Mo].[Os]. The minimum Gasteiger partial charge on any atom is 0 e. The van der Waals surface area contributed by atoms with Crippen molar-refractivity contribution in [3.05, 3.63) is 0 Å². The zero-order chi connectivity index (χ0) is 0. The van der Waals surface area contributed by atoms with E-state index in [1.807, 2.05) is 0 Å². The molecular formula is Mo3Os. The fraction of sp³-hybridized carbons (Fsp3) is 0. The van der Waals surface area contributed by atoms with Crippen LogP contribution in [0, 0.1) is 0 Å². The van der Waals surface area contributed by atoms with Gasteiger partial charge in [-0.25, -0.2) is 0 Å². The molecule has 0 unspecified atom stereocenters. The number of hydrogen-bond donors (Lipinski definition) is 0. The first kappa shape index (κ1) is 29.9. The van der Waals surface area contributed by atoms with Gasteiger partial charge in [0.2, 0.25) is 0 Å². The molecule has 0 spiro atoms. The maximum Gasteiger partial charge on any atom is 0 e. The zero-order valence-electron chi connectivity index (χ0n) is 1.58. The molecule has 0 saturated heterocycles. The molecule has 0 aliphatic heterocycles. The summed E-state index contributed by atoms with van der Waals surface area (Å²) in [5, 5.41) is 0. The average Bonchev–Trinajstić information content (AvgIpc) is 0. The van der Waals surface area contributed by atoms with Gasteiger partial charge in [0.1, 0.15) is 0 Å². The van der Waals surface area contributed by atoms with Crippen LogP contribution in [0.15, 0.2) is 0 Å². The third-order valence-corrected chi connectivity index (χ3v) is 0. The molecule has 0 rings (SSSR count). The molecule has 0 bridgehead atoms. The Morgan fingerprint density at radius 3 is 0.500 bits per heavy atom. The normalized spacial score (nSPS) is 0. The summed E-state index contributed by atoms with van der Waals surface area (Å²) in [5.74, 6) is 0. The van der Waals surface area contributed by atoms with Crippen LogP contribution >= 0.6 is 0 Å². The molecule has 4 heavy (non-hydrogen) atoms. The van der Waals surface area contributed by atoms with Gasteiger partial charge in [-0.05, 0) is 0 Å². The molecule has 0 amide bonds. The first-order chi connectivity index (χ1) is 0. The molecule has 0 aromatic carbocycles. The molecule has 0 N–H and O–H groups in total. The molecule has 0 aliphatic carbocycles. The molecule has 4 heteroatoms. The largest absolute Gasteiger partial charge is 0 e. The van der Waals surface area contributed by atoms with E-state index >= 15 is 0 Å². The second-order valence-corrected chi connectivity index (χ2v) is 0. The van der Waals surface area contributed by atoms with Crippen LogP contribution in [-0.2, 0) is 83.0 Å². The van der Waals surface area contributed by atoms with Gasteiger partial charge in [-0.1, -0.05) is 0 Å². The van der Waals surface area contributed by atoms with E-state index in [0.29, 0.717) is 0 Å². The maximum atomic E-state index is 0. The molecular weight excluding hydrogens is 478 g/mol. The Labute approximate surface area is 81.7 Å². The van der Waals surface area contributed by atoms with Crippen molar-refractivity contribution in [2.45, 2.75) is 0 Å². The number of hydrogen-bond acceptors (Lipinski definition) is 0. The van der Waals surface area contributed by atoms with Crippen LogP contribution < -0.4 is 0 Å². The van der Waals surface area contributed by atoms with Crippen LogP contribution in [0.2, 0.25) is 0 Å². The van der Waals surface area contributed by atoms with Crippen LogP contribution in [0.5, 0.6) is 0 Å². The third-order valence-electron chi connectivity index (χ3n) is 0. The van der Waals surface area contributed by atoms with Crippen molar-refractivity contribution in [2.75, 3.05) is 0 Å². The summed E-state index contributed by atoms with van der Waals surface area (Å²) >= 11 is 0. The van der Waals surface area contributed by atoms with Gasteiger partial charge in [0.15, 0.2) is 0 Å². The van der Waals surface area contributed by atoms with E-state index in [9.17, 15) is 0 Å². The second-order valence-electron chi connectivity index (χ2n) is 0. The van der Waals surface area contributed by atoms with Crippen molar-refractivity contribution >= 4 is 0 Å². The minimum absolute atomic E-state index is 0. The Kier molecular flexibility index (Phi) is 129. The molecule has 0 heterocycles. The van der Waals surface area contributed by atoms with Crippen LogP contribution in [0.3, 0.4) is 0 Å². The second kappa shape index (κ2) is 17.3. The van der Waals surface area contributed by atoms with Gasteiger partial charge in [-0.3, -0.25) is 0 Å². The van der Waals surface area contributed by atoms with E-state index in [1.165, 1.54) is 0 Å². The summed E-state index contributed by atoms with van der Waals surface area (Å²) in [6.45, 7) is 0. The van der Waals surface area contributed by atoms with E-state index in [0.717, 1.165) is 0 Å². The summed E-state index contributed by atoms with van der Waals surface area (Å²) in [4.78, 5) is 0. The molecule has 0 radical (unpaired) electrons. The smallest absolute Gasteiger partial charge is 0 e. The summed E-state index contributed by atoms with van der Waals surface area (Å²) in [6.07, 6.45) is 0. The standard InChI is InChI=1S/3Mo.Os. The van der Waals surface area contributed by atoms with E-state index < -0.39 is 0 Å². The van der Waals surface area contributed by atoms with Gasteiger partial charge in [0.05, 0.1) is 0 Å². The Hall–Kier alpha value is 2.70. The van der Waals surface area contributed by atoms with Crippen LogP contribution in [-0.4, -0.2) is 0 Å². The van der Waals surface area contributed by atoms with Crippen molar-refractivity contribution in [2.24, 2.45) is 0 Å². The van der Waals surface area contributed by atoms with E-state index in [1.54, 1.807) is 0 Å². The van der Waals surface area contributed by atoms with Gasteiger partial charge in [0.25, 0.3) is 0 Å². The van der Waals surface area contributed by atoms with Crippen LogP contribution in [0.25, 0.3) is 0 Å². The Bertz CT molecular complexity index is 3.25. The summed E-state index contributed by atoms with van der Waals surface area (Å²) in [5.41, 5.74) is 0. The van der Waals surface area contributed by atoms with Crippen LogP contribution in [0.1, 0.15) is 0 Å². The number of rotatable bonds is 0. The third kappa shape index (κ3) is 8.83. The molecule has 0 nitrogen and oxygen atoms in total. The molecule has 0 atom stereocenters. The molecule has 0 aromatic rings. The van der Waals surface area contributed by atoms with E-state index in [4.69, 9.17) is 0 Å². The minimum atomic E-state index is 0. The van der Waals surface area contributed by atoms with Crippen molar-refractivity contribution < 1.29 is 83.0 Å². The fourth-order valence-corrected chi connectivity index (χ4v) is 0. The Balaban J connectivity index is 0. The molecule has 0 saturated carbocycles. The topological polar surface area (TPSA) is 0 Å². The monoisotopic (exact) mass is 486 g/mol. The molecule has 0 fully saturated rings. The van der Waals surface area contributed by atoms with Crippen LogP contribution in [0.4, 0.5) is 0 Å². The predicted molar refractivity (Wildman–Crippen MR) is 0 cm³/mol.